The van der Waals surface area contributed by atoms with Crippen LogP contribution in [0.25, 0.3) is 0 Å². The van der Waals surface area contributed by atoms with Crippen LogP contribution in [0.5, 0.6) is 5.75 Å². The second-order valence-corrected chi connectivity index (χ2v) is 21.8. The maximum absolute atomic E-state index is 14.4. The van der Waals surface area contributed by atoms with Crippen LogP contribution in [0.15, 0.2) is 54.1 Å². The van der Waals surface area contributed by atoms with E-state index < -0.39 is 83.4 Å². The van der Waals surface area contributed by atoms with E-state index >= 15 is 0 Å². The van der Waals surface area contributed by atoms with Crippen molar-refractivity contribution in [1.82, 2.24) is 10.6 Å². The van der Waals surface area contributed by atoms with Crippen LogP contribution in [0.2, 0.25) is 5.02 Å². The molecule has 2 fully saturated rings. The van der Waals surface area contributed by atoms with Gasteiger partial charge in [-0.25, -0.2) is 9.59 Å². The highest BCUT2D eigenvalue weighted by Gasteiger charge is 2.64. The largest absolute Gasteiger partial charge is 0.495 e. The number of primary amides is 1. The molecule has 20 heteroatoms. The summed E-state index contributed by atoms with van der Waals surface area (Å²) in [4.78, 5) is 106. The van der Waals surface area contributed by atoms with Crippen molar-refractivity contribution >= 4 is 70.2 Å². The zero-order valence-corrected chi connectivity index (χ0v) is 46.8. The molecule has 3 aliphatic heterocycles. The number of fused-ring (bicyclic) bond motifs is 5. The van der Waals surface area contributed by atoms with Crippen LogP contribution in [0.1, 0.15) is 122 Å². The number of esters is 1. The predicted molar refractivity (Wildman–Crippen MR) is 290 cm³/mol. The summed E-state index contributed by atoms with van der Waals surface area (Å²) in [5.41, 5.74) is 5.91. The number of carbonyl (C=O) groups is 8. The van der Waals surface area contributed by atoms with E-state index in [0.29, 0.717) is 60.4 Å². The summed E-state index contributed by atoms with van der Waals surface area (Å²) >= 11 is 6.84. The van der Waals surface area contributed by atoms with Gasteiger partial charge in [-0.15, -0.1) is 0 Å². The highest BCUT2D eigenvalue weighted by atomic mass is 35.5. The molecule has 0 spiro atoms. The number of anilines is 2. The van der Waals surface area contributed by atoms with Gasteiger partial charge >= 0.3 is 18.1 Å². The number of Topliss-reactive ketones (excluding diaryl/α,β-unsaturated/α-hetero) is 3. The third-order valence-corrected chi connectivity index (χ3v) is 15.3. The summed E-state index contributed by atoms with van der Waals surface area (Å²) in [6.45, 7) is 12.5. The van der Waals surface area contributed by atoms with Crippen molar-refractivity contribution in [2.45, 2.75) is 167 Å². The fraction of sp³-hybridized carbons (Fsp3) is 0.579. The van der Waals surface area contributed by atoms with E-state index in [4.69, 9.17) is 41.0 Å². The Morgan fingerprint density at radius 3 is 2.39 bits per heavy atom. The summed E-state index contributed by atoms with van der Waals surface area (Å²) < 4.78 is 29.6. The van der Waals surface area contributed by atoms with E-state index in [1.54, 1.807) is 70.3 Å². The average Bonchev–Trinajstić information content (AvgIpc) is 4.05. The summed E-state index contributed by atoms with van der Waals surface area (Å²) in [6.07, 6.45) is 2.61. The van der Waals surface area contributed by atoms with Gasteiger partial charge < -0.3 is 54.9 Å². The number of aliphatic hydroxyl groups is 1. The number of carbonyl (C=O) groups excluding carboxylic acids is 8. The molecular weight excluding hydrogens is 1010 g/mol. The number of ketones is 3. The molecule has 9 atom stereocenters. The standard InChI is InChI=1S/C57H78ClN5O14/c1-32(2)41(28-40(65)17-12-11-16-35(5)64)53(69)62-42(18-14-22-60-54(59)70)44(66)27-38-20-21-39(24-34(38)4)61-55(71)76-48-29-49(67)63(8)43-25-37(26-45(73-9)51(43)58)23-33(3)15-13-19-47(74-10)57(72)30-46(75-50(68)31-57)36(6)52-56(48,7)77-52/h13,15,19-21,24-26,32,36,41-42,46-48,52,72H,11-12,14,16-18,22-23,27-31H2,1-10H3,(H,61,71)(H,62,69)(H3,59,60,70)/b19-13+,33-15+/t36-,41+,42+,46+,47-,48+,52+,56+,57-/m1/s1. The van der Waals surface area contributed by atoms with Crippen LogP contribution in [-0.4, -0.2) is 122 Å². The third kappa shape index (κ3) is 16.9. The molecule has 77 heavy (non-hydrogen) atoms. The number of nitrogens with zero attached hydrogens (tertiary/aromatic N) is 1. The Morgan fingerprint density at radius 2 is 1.74 bits per heavy atom. The Kier molecular flexibility index (Phi) is 22.0. The van der Waals surface area contributed by atoms with E-state index in [1.807, 2.05) is 26.8 Å². The van der Waals surface area contributed by atoms with Crippen LogP contribution in [-0.2, 0) is 60.6 Å². The Morgan fingerprint density at radius 1 is 1.03 bits per heavy atom. The highest BCUT2D eigenvalue weighted by Crippen LogP contribution is 2.50. The normalized spacial score (nSPS) is 25.4. The Bertz CT molecular complexity index is 2580. The maximum atomic E-state index is 14.4. The van der Waals surface area contributed by atoms with Crippen molar-refractivity contribution < 1.29 is 67.1 Å². The van der Waals surface area contributed by atoms with Crippen LogP contribution < -0.4 is 31.3 Å². The number of allylic oxidation sites excluding steroid dienone is 3. The number of rotatable bonds is 21. The second-order valence-electron chi connectivity index (χ2n) is 21.4. The number of hydrogen-bond acceptors (Lipinski definition) is 14. The molecule has 19 nitrogen and oxygen atoms in total. The van der Waals surface area contributed by atoms with Crippen molar-refractivity contribution in [3.05, 3.63) is 75.8 Å². The molecule has 2 aromatic rings. The van der Waals surface area contributed by atoms with E-state index in [-0.39, 0.29) is 79.8 Å². The van der Waals surface area contributed by atoms with Gasteiger partial charge in [0.05, 0.1) is 37.8 Å². The van der Waals surface area contributed by atoms with Crippen molar-refractivity contribution in [3.63, 3.8) is 0 Å². The number of nitrogens with two attached hydrogens (primary N) is 1. The predicted octanol–water partition coefficient (Wildman–Crippen LogP) is 7.36. The molecule has 5 amide bonds. The Balaban J connectivity index is 1.37. The maximum Gasteiger partial charge on any atom is 0.412 e. The van der Waals surface area contributed by atoms with Gasteiger partial charge in [-0.2, -0.15) is 0 Å². The summed E-state index contributed by atoms with van der Waals surface area (Å²) in [5.74, 6) is -3.07. The molecule has 422 valence electrons. The lowest BCUT2D eigenvalue weighted by atomic mass is 9.78. The molecule has 2 saturated heterocycles. The number of urea groups is 1. The minimum atomic E-state index is -1.63. The third-order valence-electron chi connectivity index (χ3n) is 14.9. The number of epoxide rings is 1. The van der Waals surface area contributed by atoms with Crippen molar-refractivity contribution in [2.75, 3.05) is 38.0 Å². The molecule has 0 radical (unpaired) electrons. The fourth-order valence-corrected chi connectivity index (χ4v) is 10.5. The van der Waals surface area contributed by atoms with E-state index in [0.717, 1.165) is 11.1 Å². The molecule has 5 rings (SSSR count). The Labute approximate surface area is 456 Å². The number of amides is 5. The van der Waals surface area contributed by atoms with Gasteiger partial charge in [0.2, 0.25) is 11.8 Å². The molecule has 6 N–H and O–H groups in total. The first-order chi connectivity index (χ1) is 36.3. The van der Waals surface area contributed by atoms with E-state index in [1.165, 1.54) is 26.0 Å². The number of ether oxygens (including phenoxy) is 5. The van der Waals surface area contributed by atoms with Crippen LogP contribution in [0.3, 0.4) is 0 Å². The number of aryl methyl sites for hydroxylation is 1. The minimum Gasteiger partial charge on any atom is -0.495 e. The zero-order valence-electron chi connectivity index (χ0n) is 46.1. The molecular formula is C57H78ClN5O14. The zero-order chi connectivity index (χ0) is 56.9. The number of benzene rings is 2. The van der Waals surface area contributed by atoms with Crippen LogP contribution in [0.4, 0.5) is 21.0 Å². The lowest BCUT2D eigenvalue weighted by molar-refractivity contribution is -0.187. The van der Waals surface area contributed by atoms with Crippen LogP contribution in [0, 0.1) is 24.7 Å². The number of methoxy groups -OCH3 is 2. The molecule has 0 unspecified atom stereocenters. The first-order valence-electron chi connectivity index (χ1n) is 26.3. The monoisotopic (exact) mass is 1090 g/mol. The van der Waals surface area contributed by atoms with Crippen molar-refractivity contribution in [1.29, 1.82) is 0 Å². The van der Waals surface area contributed by atoms with E-state index in [9.17, 15) is 43.5 Å². The van der Waals surface area contributed by atoms with Gasteiger partial charge in [0.1, 0.15) is 51.9 Å². The van der Waals surface area contributed by atoms with Crippen molar-refractivity contribution in [2.24, 2.45) is 23.5 Å². The fourth-order valence-electron chi connectivity index (χ4n) is 10.2. The Hall–Kier alpha value is -6.15. The lowest BCUT2D eigenvalue weighted by Crippen LogP contribution is -2.53. The smallest absolute Gasteiger partial charge is 0.412 e. The van der Waals surface area contributed by atoms with Gasteiger partial charge in [0, 0.05) is 70.3 Å². The summed E-state index contributed by atoms with van der Waals surface area (Å²) in [6, 6.07) is 6.76. The van der Waals surface area contributed by atoms with Gasteiger partial charge in [-0.1, -0.05) is 62.2 Å². The molecule has 2 aromatic carbocycles. The molecule has 4 bridgehead atoms. The number of unbranched alkanes of at least 4 members (excludes halogenated alkanes) is 1. The molecule has 3 aliphatic rings. The number of hydrogen-bond donors (Lipinski definition) is 5. The van der Waals surface area contributed by atoms with Gasteiger partial charge in [0.25, 0.3) is 0 Å². The molecule has 3 heterocycles. The molecule has 0 aliphatic carbocycles. The van der Waals surface area contributed by atoms with Gasteiger partial charge in [-0.05, 0) is 107 Å². The number of nitrogens with one attached hydrogen (secondary N) is 3. The second kappa shape index (κ2) is 27.4. The first kappa shape index (κ1) is 61.7. The average molecular weight is 1090 g/mol. The highest BCUT2D eigenvalue weighted by molar-refractivity contribution is 6.35. The van der Waals surface area contributed by atoms with Crippen molar-refractivity contribution in [3.8, 4) is 5.75 Å². The van der Waals surface area contributed by atoms with Crippen LogP contribution >= 0.6 is 11.6 Å². The number of halogens is 1. The van der Waals surface area contributed by atoms with Gasteiger partial charge in [0.15, 0.2) is 5.78 Å². The van der Waals surface area contributed by atoms with E-state index in [2.05, 4.69) is 16.0 Å². The van der Waals surface area contributed by atoms with Gasteiger partial charge in [-0.3, -0.25) is 29.3 Å². The lowest BCUT2D eigenvalue weighted by Gasteiger charge is -2.41. The first-order valence-corrected chi connectivity index (χ1v) is 26.7. The summed E-state index contributed by atoms with van der Waals surface area (Å²) in [7, 11) is 4.48. The molecule has 0 saturated carbocycles. The summed E-state index contributed by atoms with van der Waals surface area (Å²) in [5, 5.41) is 20.3. The topological polar surface area (TPSA) is 272 Å². The molecule has 0 aromatic heterocycles. The quantitative estimate of drug-likeness (QED) is 0.0465. The minimum absolute atomic E-state index is 0.0100. The SMILES string of the molecule is COc1cc2cc(c1Cl)N(C)C(=O)C[C@H](OC(=O)Nc1ccc(CC(=O)[C@H](CCCNC(N)=O)NC(=O)[C@@H](CC(=O)CCCCC(C)=O)C(C)C)c(C)c1)[C@]1(C)O[C@H]1[C@H](C)[C@@H]1C[C@@](O)(CC(=O)O1)[C@H](OC)/C=C/C=C(\C)C2.